The molecule has 0 radical (unpaired) electrons. The molecule has 1 heterocycles. The molecule has 1 aromatic heterocycles. The number of aromatic nitrogens is 1. The van der Waals surface area contributed by atoms with Crippen molar-refractivity contribution >= 4 is 23.4 Å². The van der Waals surface area contributed by atoms with Crippen LogP contribution in [0.4, 0.5) is 0 Å². The largest absolute Gasteiger partial charge is 0.353 e. The Morgan fingerprint density at radius 2 is 1.92 bits per heavy atom. The minimum Gasteiger partial charge on any atom is -0.353 e. The monoisotopic (exact) mass is 369 g/mol. The molecule has 0 aliphatic carbocycles. The Hall–Kier alpha value is -1.49. The van der Waals surface area contributed by atoms with Crippen molar-refractivity contribution in [3.63, 3.8) is 0 Å². The van der Waals surface area contributed by atoms with Crippen molar-refractivity contribution in [3.8, 4) is 0 Å². The summed E-state index contributed by atoms with van der Waals surface area (Å²) in [6, 6.07) is 3.99. The number of amides is 2. The number of hydrogen-bond acceptors (Lipinski definition) is 2. The fourth-order valence-corrected chi connectivity index (χ4v) is 2.82. The van der Waals surface area contributed by atoms with Crippen molar-refractivity contribution in [2.24, 2.45) is 13.0 Å². The van der Waals surface area contributed by atoms with Gasteiger partial charge in [0.2, 0.25) is 11.8 Å². The van der Waals surface area contributed by atoms with Crippen molar-refractivity contribution in [1.29, 1.82) is 0 Å². The summed E-state index contributed by atoms with van der Waals surface area (Å²) < 4.78 is 2.02. The van der Waals surface area contributed by atoms with Crippen LogP contribution in [0, 0.1) is 5.92 Å². The van der Waals surface area contributed by atoms with Crippen LogP contribution < -0.4 is 0 Å². The van der Waals surface area contributed by atoms with Gasteiger partial charge in [-0.2, -0.15) is 0 Å². The molecule has 1 atom stereocenters. The Morgan fingerprint density at radius 1 is 1.24 bits per heavy atom. The van der Waals surface area contributed by atoms with Gasteiger partial charge in [-0.15, -0.1) is 11.6 Å². The zero-order valence-electron chi connectivity index (χ0n) is 16.2. The predicted octanol–water partition coefficient (Wildman–Crippen LogP) is 3.27. The van der Waals surface area contributed by atoms with Gasteiger partial charge in [-0.25, -0.2) is 0 Å². The fourth-order valence-electron chi connectivity index (χ4n) is 2.68. The number of rotatable bonds is 10. The van der Waals surface area contributed by atoms with E-state index in [9.17, 15) is 9.59 Å². The van der Waals surface area contributed by atoms with Gasteiger partial charge in [-0.05, 0) is 31.4 Å². The highest BCUT2D eigenvalue weighted by molar-refractivity contribution is 6.30. The number of carbonyl (C=O) groups excluding carboxylic acids is 2. The van der Waals surface area contributed by atoms with Gasteiger partial charge in [0, 0.05) is 32.0 Å². The lowest BCUT2D eigenvalue weighted by atomic mass is 10.2. The molecule has 5 nitrogen and oxygen atoms in total. The maximum atomic E-state index is 12.9. The Kier molecular flexibility index (Phi) is 9.04. The third-order valence-corrected chi connectivity index (χ3v) is 4.29. The van der Waals surface area contributed by atoms with E-state index in [1.807, 2.05) is 34.8 Å². The molecule has 0 aromatic carbocycles. The number of nitrogens with zero attached hydrogens (tertiary/aromatic N) is 3. The average molecular weight is 370 g/mol. The number of halogens is 1. The van der Waals surface area contributed by atoms with Gasteiger partial charge in [0.15, 0.2) is 0 Å². The Morgan fingerprint density at radius 3 is 2.40 bits per heavy atom. The van der Waals surface area contributed by atoms with Crippen molar-refractivity contribution in [3.05, 3.63) is 24.0 Å². The predicted molar refractivity (Wildman–Crippen MR) is 102 cm³/mol. The van der Waals surface area contributed by atoms with E-state index >= 15 is 0 Å². The van der Waals surface area contributed by atoms with Gasteiger partial charge in [-0.1, -0.05) is 27.2 Å². The second kappa shape index (κ2) is 10.5. The van der Waals surface area contributed by atoms with Gasteiger partial charge >= 0.3 is 0 Å². The van der Waals surface area contributed by atoms with Crippen LogP contribution in [0.25, 0.3) is 0 Å². The van der Waals surface area contributed by atoms with Crippen molar-refractivity contribution in [2.75, 3.05) is 19.6 Å². The minimum absolute atomic E-state index is 0.0309. The standard InChI is InChI=1S/C19H32ClN3O2/c1-6-7-11-22(19(25)16(4)20)14-18(24)23(12-15(2)3)13-17-9-8-10-21(17)5/h8-10,15-16H,6-7,11-14H2,1-5H3/t16-/m0/s1. The lowest BCUT2D eigenvalue weighted by Gasteiger charge is -2.29. The van der Waals surface area contributed by atoms with E-state index < -0.39 is 5.38 Å². The molecule has 0 fully saturated rings. The van der Waals surface area contributed by atoms with Crippen LogP contribution >= 0.6 is 11.6 Å². The average Bonchev–Trinajstić information content (AvgIpc) is 2.94. The first-order valence-electron chi connectivity index (χ1n) is 9.07. The van der Waals surface area contributed by atoms with Crippen LogP contribution in [0.15, 0.2) is 18.3 Å². The smallest absolute Gasteiger partial charge is 0.242 e. The molecule has 0 unspecified atom stereocenters. The molecule has 0 N–H and O–H groups in total. The molecule has 0 aliphatic rings. The molecule has 0 bridgehead atoms. The summed E-state index contributed by atoms with van der Waals surface area (Å²) in [6.45, 7) is 9.77. The van der Waals surface area contributed by atoms with Gasteiger partial charge in [-0.3, -0.25) is 9.59 Å². The van der Waals surface area contributed by atoms with E-state index in [-0.39, 0.29) is 18.4 Å². The van der Waals surface area contributed by atoms with E-state index in [2.05, 4.69) is 20.8 Å². The third-order valence-electron chi connectivity index (χ3n) is 4.10. The lowest BCUT2D eigenvalue weighted by Crippen LogP contribution is -2.46. The Balaban J connectivity index is 2.86. The normalized spacial score (nSPS) is 12.3. The third kappa shape index (κ3) is 7.10. The van der Waals surface area contributed by atoms with Crippen molar-refractivity contribution < 1.29 is 9.59 Å². The maximum absolute atomic E-state index is 12.9. The Labute approximate surface area is 156 Å². The van der Waals surface area contributed by atoms with Crippen LogP contribution in [-0.2, 0) is 23.2 Å². The topological polar surface area (TPSA) is 45.6 Å². The molecule has 0 saturated heterocycles. The molecular formula is C19H32ClN3O2. The van der Waals surface area contributed by atoms with Crippen LogP contribution in [0.3, 0.4) is 0 Å². The first-order chi connectivity index (χ1) is 11.8. The second-order valence-corrected chi connectivity index (χ2v) is 7.66. The molecule has 1 rings (SSSR count). The van der Waals surface area contributed by atoms with Crippen molar-refractivity contribution in [1.82, 2.24) is 14.4 Å². The zero-order valence-corrected chi connectivity index (χ0v) is 16.9. The summed E-state index contributed by atoms with van der Waals surface area (Å²) in [5.41, 5.74) is 1.08. The fraction of sp³-hybridized carbons (Fsp3) is 0.684. The quantitative estimate of drug-likeness (QED) is 0.594. The second-order valence-electron chi connectivity index (χ2n) is 7.01. The summed E-state index contributed by atoms with van der Waals surface area (Å²) in [5.74, 6) is 0.152. The molecule has 0 saturated carbocycles. The molecule has 2 amide bonds. The van der Waals surface area contributed by atoms with Gasteiger partial charge in [0.1, 0.15) is 5.38 Å². The lowest BCUT2D eigenvalue weighted by molar-refractivity contribution is -0.141. The molecule has 25 heavy (non-hydrogen) atoms. The van der Waals surface area contributed by atoms with Crippen LogP contribution in [0.5, 0.6) is 0 Å². The molecule has 0 spiro atoms. The highest BCUT2D eigenvalue weighted by Crippen LogP contribution is 2.11. The zero-order chi connectivity index (χ0) is 19.0. The van der Waals surface area contributed by atoms with Crippen LogP contribution in [0.2, 0.25) is 0 Å². The van der Waals surface area contributed by atoms with Gasteiger partial charge < -0.3 is 14.4 Å². The highest BCUT2D eigenvalue weighted by atomic mass is 35.5. The number of hydrogen-bond donors (Lipinski definition) is 0. The van der Waals surface area contributed by atoms with Crippen molar-refractivity contribution in [2.45, 2.75) is 52.5 Å². The number of aryl methyl sites for hydroxylation is 1. The first-order valence-corrected chi connectivity index (χ1v) is 9.50. The van der Waals surface area contributed by atoms with Crippen LogP contribution in [-0.4, -0.2) is 51.2 Å². The van der Waals surface area contributed by atoms with E-state index in [0.29, 0.717) is 25.6 Å². The summed E-state index contributed by atoms with van der Waals surface area (Å²) in [7, 11) is 1.97. The number of unbranched alkanes of at least 4 members (excludes halogenated alkanes) is 1. The summed E-state index contributed by atoms with van der Waals surface area (Å²) >= 11 is 5.97. The van der Waals surface area contributed by atoms with E-state index in [1.165, 1.54) is 0 Å². The highest BCUT2D eigenvalue weighted by Gasteiger charge is 2.24. The van der Waals surface area contributed by atoms with E-state index in [4.69, 9.17) is 11.6 Å². The number of carbonyl (C=O) groups is 2. The van der Waals surface area contributed by atoms with E-state index in [1.54, 1.807) is 11.8 Å². The summed E-state index contributed by atoms with van der Waals surface area (Å²) in [5, 5.41) is -0.615. The molecule has 1 aromatic rings. The summed E-state index contributed by atoms with van der Waals surface area (Å²) in [4.78, 5) is 28.7. The number of alkyl halides is 1. The Bertz CT molecular complexity index is 555. The molecule has 142 valence electrons. The molecule has 6 heteroatoms. The van der Waals surface area contributed by atoms with Gasteiger partial charge in [0.05, 0.1) is 13.1 Å². The molecule has 0 aliphatic heterocycles. The maximum Gasteiger partial charge on any atom is 0.242 e. The molecular weight excluding hydrogens is 338 g/mol. The SMILES string of the molecule is CCCCN(CC(=O)N(Cc1cccn1C)CC(C)C)C(=O)[C@H](C)Cl. The minimum atomic E-state index is -0.615. The van der Waals surface area contributed by atoms with Gasteiger partial charge in [0.25, 0.3) is 0 Å². The van der Waals surface area contributed by atoms with E-state index in [0.717, 1.165) is 18.5 Å². The summed E-state index contributed by atoms with van der Waals surface area (Å²) in [6.07, 6.45) is 3.80. The van der Waals surface area contributed by atoms with Crippen LogP contribution in [0.1, 0.15) is 46.2 Å². The first kappa shape index (κ1) is 21.6.